The van der Waals surface area contributed by atoms with Gasteiger partial charge in [0.05, 0.1) is 0 Å². The van der Waals surface area contributed by atoms with E-state index in [0.29, 0.717) is 12.7 Å². The first-order valence-corrected chi connectivity index (χ1v) is 5.04. The van der Waals surface area contributed by atoms with Gasteiger partial charge in [0.15, 0.2) is 6.29 Å². The molecular formula is C10H11IO2. The third-order valence-electron chi connectivity index (χ3n) is 1.73. The molecule has 0 aromatic heterocycles. The van der Waals surface area contributed by atoms with Gasteiger partial charge in [0.1, 0.15) is 5.60 Å². The highest BCUT2D eigenvalue weighted by Crippen LogP contribution is 2.12. The van der Waals surface area contributed by atoms with Crippen LogP contribution in [0.25, 0.3) is 0 Å². The Morgan fingerprint density at radius 3 is 2.46 bits per heavy atom. The van der Waals surface area contributed by atoms with Crippen LogP contribution in [0.2, 0.25) is 0 Å². The zero-order valence-corrected chi connectivity index (χ0v) is 9.48. The topological polar surface area (TPSA) is 37.3 Å². The summed E-state index contributed by atoms with van der Waals surface area (Å²) in [6.45, 7) is 1.51. The Morgan fingerprint density at radius 2 is 2.00 bits per heavy atom. The van der Waals surface area contributed by atoms with E-state index in [0.717, 1.165) is 9.13 Å². The van der Waals surface area contributed by atoms with Crippen molar-refractivity contribution in [1.29, 1.82) is 0 Å². The first-order valence-electron chi connectivity index (χ1n) is 3.97. The molecule has 1 rings (SSSR count). The highest BCUT2D eigenvalue weighted by molar-refractivity contribution is 14.1. The van der Waals surface area contributed by atoms with Crippen molar-refractivity contribution in [3.63, 3.8) is 0 Å². The molecule has 2 nitrogen and oxygen atoms in total. The molecule has 1 aromatic rings. The minimum absolute atomic E-state index is 0.368. The van der Waals surface area contributed by atoms with Gasteiger partial charge >= 0.3 is 0 Å². The summed E-state index contributed by atoms with van der Waals surface area (Å²) in [5.41, 5.74) is -0.273. The van der Waals surface area contributed by atoms with Crippen LogP contribution in [0.4, 0.5) is 0 Å². The molecule has 0 aliphatic carbocycles. The second-order valence-electron chi connectivity index (χ2n) is 3.28. The first kappa shape index (κ1) is 10.7. The number of aldehydes is 1. The molecule has 0 bridgehead atoms. The van der Waals surface area contributed by atoms with Crippen LogP contribution in [0.1, 0.15) is 12.5 Å². The van der Waals surface area contributed by atoms with Crippen LogP contribution >= 0.6 is 22.6 Å². The van der Waals surface area contributed by atoms with Gasteiger partial charge in [-0.25, -0.2) is 0 Å². The van der Waals surface area contributed by atoms with E-state index >= 15 is 0 Å². The molecule has 0 aliphatic rings. The van der Waals surface area contributed by atoms with Crippen LogP contribution in [0.3, 0.4) is 0 Å². The van der Waals surface area contributed by atoms with Crippen molar-refractivity contribution in [1.82, 2.24) is 0 Å². The predicted molar refractivity (Wildman–Crippen MR) is 59.6 cm³/mol. The van der Waals surface area contributed by atoms with Crippen molar-refractivity contribution in [3.05, 3.63) is 33.4 Å². The highest BCUT2D eigenvalue weighted by Gasteiger charge is 2.19. The van der Waals surface area contributed by atoms with Gasteiger partial charge in [0.25, 0.3) is 0 Å². The number of hydrogen-bond acceptors (Lipinski definition) is 2. The Kier molecular flexibility index (Phi) is 3.44. The zero-order chi connectivity index (χ0) is 9.90. The number of carbonyl (C=O) groups excluding carboxylic acids is 1. The molecule has 1 aromatic carbocycles. The summed E-state index contributed by atoms with van der Waals surface area (Å²) < 4.78 is 1.15. The maximum atomic E-state index is 10.4. The zero-order valence-electron chi connectivity index (χ0n) is 7.33. The van der Waals surface area contributed by atoms with Crippen molar-refractivity contribution < 1.29 is 9.90 Å². The van der Waals surface area contributed by atoms with E-state index in [1.54, 1.807) is 0 Å². The van der Waals surface area contributed by atoms with Gasteiger partial charge in [-0.2, -0.15) is 0 Å². The van der Waals surface area contributed by atoms with E-state index < -0.39 is 5.60 Å². The molecule has 0 heterocycles. The average molecular weight is 290 g/mol. The molecule has 1 N–H and O–H groups in total. The summed E-state index contributed by atoms with van der Waals surface area (Å²) in [5, 5.41) is 9.48. The summed E-state index contributed by atoms with van der Waals surface area (Å²) in [5.74, 6) is 0. The Labute approximate surface area is 91.1 Å². The predicted octanol–water partition coefficient (Wildman–Crippen LogP) is 1.78. The number of halogens is 1. The normalized spacial score (nSPS) is 15.0. The van der Waals surface area contributed by atoms with Crippen molar-refractivity contribution in [2.75, 3.05) is 0 Å². The van der Waals surface area contributed by atoms with E-state index in [9.17, 15) is 9.90 Å². The lowest BCUT2D eigenvalue weighted by Gasteiger charge is -2.15. The smallest absolute Gasteiger partial charge is 0.151 e. The van der Waals surface area contributed by atoms with E-state index in [-0.39, 0.29) is 0 Å². The molecule has 0 saturated heterocycles. The first-order chi connectivity index (χ1) is 6.03. The quantitative estimate of drug-likeness (QED) is 0.680. The molecule has 0 aliphatic heterocycles. The Bertz CT molecular complexity index is 290. The standard InChI is InChI=1S/C10H11IO2/c1-10(13,7-12)6-8-2-4-9(11)5-3-8/h2-5,7,13H,6H2,1H3. The minimum Gasteiger partial charge on any atom is -0.382 e. The van der Waals surface area contributed by atoms with Crippen molar-refractivity contribution in [3.8, 4) is 0 Å². The average Bonchev–Trinajstić information content (AvgIpc) is 2.09. The number of carbonyl (C=O) groups is 1. The maximum absolute atomic E-state index is 10.4. The Balaban J connectivity index is 2.75. The third-order valence-corrected chi connectivity index (χ3v) is 2.45. The molecule has 0 radical (unpaired) electrons. The van der Waals surface area contributed by atoms with Crippen molar-refractivity contribution in [2.24, 2.45) is 0 Å². The lowest BCUT2D eigenvalue weighted by atomic mass is 9.98. The fourth-order valence-electron chi connectivity index (χ4n) is 1.06. The SMILES string of the molecule is CC(O)(C=O)Cc1ccc(I)cc1. The lowest BCUT2D eigenvalue weighted by Crippen LogP contribution is -2.28. The van der Waals surface area contributed by atoms with Gasteiger partial charge in [0, 0.05) is 9.99 Å². The van der Waals surface area contributed by atoms with Crippen LogP contribution in [-0.2, 0) is 11.2 Å². The third kappa shape index (κ3) is 3.44. The summed E-state index contributed by atoms with van der Waals surface area (Å²) in [7, 11) is 0. The number of aliphatic hydroxyl groups is 1. The minimum atomic E-state index is -1.24. The molecule has 0 spiro atoms. The number of rotatable bonds is 3. The fraction of sp³-hybridized carbons (Fsp3) is 0.300. The number of benzene rings is 1. The summed E-state index contributed by atoms with van der Waals surface area (Å²) >= 11 is 2.21. The summed E-state index contributed by atoms with van der Waals surface area (Å²) in [4.78, 5) is 10.4. The second kappa shape index (κ2) is 4.19. The van der Waals surface area contributed by atoms with Crippen molar-refractivity contribution in [2.45, 2.75) is 18.9 Å². The van der Waals surface area contributed by atoms with E-state index in [1.807, 2.05) is 24.3 Å². The molecule has 13 heavy (non-hydrogen) atoms. The van der Waals surface area contributed by atoms with Gasteiger partial charge in [0.2, 0.25) is 0 Å². The van der Waals surface area contributed by atoms with Crippen LogP contribution in [0, 0.1) is 3.57 Å². The number of hydrogen-bond donors (Lipinski definition) is 1. The van der Waals surface area contributed by atoms with Gasteiger partial charge in [-0.05, 0) is 47.2 Å². The molecule has 1 atom stereocenters. The van der Waals surface area contributed by atoms with Crippen LogP contribution in [0.5, 0.6) is 0 Å². The van der Waals surface area contributed by atoms with Gasteiger partial charge in [-0.1, -0.05) is 12.1 Å². The Hall–Kier alpha value is -0.420. The second-order valence-corrected chi connectivity index (χ2v) is 4.52. The van der Waals surface area contributed by atoms with Crippen LogP contribution in [-0.4, -0.2) is 17.0 Å². The molecule has 0 fully saturated rings. The van der Waals surface area contributed by atoms with E-state index in [2.05, 4.69) is 22.6 Å². The molecule has 3 heteroatoms. The summed E-state index contributed by atoms with van der Waals surface area (Å²) in [6, 6.07) is 7.74. The molecule has 0 amide bonds. The fourth-order valence-corrected chi connectivity index (χ4v) is 1.42. The van der Waals surface area contributed by atoms with E-state index in [1.165, 1.54) is 6.92 Å². The monoisotopic (exact) mass is 290 g/mol. The van der Waals surface area contributed by atoms with E-state index in [4.69, 9.17) is 0 Å². The van der Waals surface area contributed by atoms with Crippen molar-refractivity contribution >= 4 is 28.9 Å². The summed E-state index contributed by atoms with van der Waals surface area (Å²) in [6.07, 6.45) is 0.943. The molecular weight excluding hydrogens is 279 g/mol. The van der Waals surface area contributed by atoms with Gasteiger partial charge in [-0.15, -0.1) is 0 Å². The van der Waals surface area contributed by atoms with Crippen LogP contribution in [0.15, 0.2) is 24.3 Å². The molecule has 70 valence electrons. The lowest BCUT2D eigenvalue weighted by molar-refractivity contribution is -0.122. The highest BCUT2D eigenvalue weighted by atomic mass is 127. The van der Waals surface area contributed by atoms with Gasteiger partial charge in [-0.3, -0.25) is 0 Å². The molecule has 0 saturated carbocycles. The largest absolute Gasteiger partial charge is 0.382 e. The Morgan fingerprint density at radius 1 is 1.46 bits per heavy atom. The van der Waals surface area contributed by atoms with Crippen LogP contribution < -0.4 is 0 Å². The maximum Gasteiger partial charge on any atom is 0.151 e. The molecule has 1 unspecified atom stereocenters. The van der Waals surface area contributed by atoms with Gasteiger partial charge < -0.3 is 9.90 Å².